The average molecular weight is 207 g/mol. The molecule has 0 heterocycles. The first-order chi connectivity index (χ1) is 7.72. The first kappa shape index (κ1) is 10.4. The highest BCUT2D eigenvalue weighted by atomic mass is 14.2. The van der Waals surface area contributed by atoms with Gasteiger partial charge in [-0.3, -0.25) is 0 Å². The highest BCUT2D eigenvalue weighted by Gasteiger charge is 2.03. The lowest BCUT2D eigenvalue weighted by Crippen LogP contribution is -1.86. The molecule has 1 nitrogen and oxygen atoms in total. The quantitative estimate of drug-likeness (QED) is 0.697. The van der Waals surface area contributed by atoms with Crippen molar-refractivity contribution in [2.24, 2.45) is 0 Å². The van der Waals surface area contributed by atoms with E-state index in [2.05, 4.69) is 31.2 Å². The Morgan fingerprint density at radius 3 is 2.38 bits per heavy atom. The normalized spacial score (nSPS) is 9.81. The zero-order chi connectivity index (χ0) is 11.5. The minimum absolute atomic E-state index is 0.751. The molecule has 2 aromatic carbocycles. The summed E-state index contributed by atoms with van der Waals surface area (Å²) in [4.78, 5) is 0. The van der Waals surface area contributed by atoms with Gasteiger partial charge in [0.25, 0.3) is 0 Å². The molecular weight excluding hydrogens is 194 g/mol. The van der Waals surface area contributed by atoms with Gasteiger partial charge in [0, 0.05) is 0 Å². The van der Waals surface area contributed by atoms with E-state index in [0.29, 0.717) is 0 Å². The molecule has 0 saturated carbocycles. The standard InChI is InChI=1S/C15H13N/c1-11-7-8-13(9-14(11)10-16)15-6-4-3-5-12(15)2/h3-9H,1-2H3. The lowest BCUT2D eigenvalue weighted by molar-refractivity contribution is 1.38. The van der Waals surface area contributed by atoms with Crippen molar-refractivity contribution in [1.29, 1.82) is 5.26 Å². The van der Waals surface area contributed by atoms with Crippen molar-refractivity contribution in [2.75, 3.05) is 0 Å². The molecule has 0 aliphatic heterocycles. The second kappa shape index (κ2) is 4.20. The van der Waals surface area contributed by atoms with E-state index >= 15 is 0 Å². The molecular formula is C15H13N. The third-order valence-corrected chi connectivity index (χ3v) is 2.81. The first-order valence-corrected chi connectivity index (χ1v) is 5.29. The minimum atomic E-state index is 0.751. The van der Waals surface area contributed by atoms with Crippen LogP contribution in [0.5, 0.6) is 0 Å². The average Bonchev–Trinajstić information content (AvgIpc) is 2.31. The molecule has 78 valence electrons. The number of aryl methyl sites for hydroxylation is 2. The van der Waals surface area contributed by atoms with Crippen LogP contribution >= 0.6 is 0 Å². The molecule has 16 heavy (non-hydrogen) atoms. The van der Waals surface area contributed by atoms with Crippen LogP contribution in [-0.2, 0) is 0 Å². The Morgan fingerprint density at radius 1 is 0.938 bits per heavy atom. The van der Waals surface area contributed by atoms with Gasteiger partial charge in [-0.15, -0.1) is 0 Å². The number of rotatable bonds is 1. The van der Waals surface area contributed by atoms with Crippen LogP contribution < -0.4 is 0 Å². The summed E-state index contributed by atoms with van der Waals surface area (Å²) in [5.41, 5.74) is 5.31. The van der Waals surface area contributed by atoms with Crippen LogP contribution in [-0.4, -0.2) is 0 Å². The molecule has 0 radical (unpaired) electrons. The van der Waals surface area contributed by atoms with Crippen LogP contribution in [0.3, 0.4) is 0 Å². The Bertz CT molecular complexity index is 562. The maximum Gasteiger partial charge on any atom is 0.0994 e. The molecule has 0 unspecified atom stereocenters. The van der Waals surface area contributed by atoms with E-state index < -0.39 is 0 Å². The van der Waals surface area contributed by atoms with Crippen LogP contribution in [0, 0.1) is 25.2 Å². The summed E-state index contributed by atoms with van der Waals surface area (Å²) >= 11 is 0. The number of hydrogen-bond donors (Lipinski definition) is 0. The van der Waals surface area contributed by atoms with E-state index in [0.717, 1.165) is 16.7 Å². The van der Waals surface area contributed by atoms with E-state index in [-0.39, 0.29) is 0 Å². The lowest BCUT2D eigenvalue weighted by Gasteiger charge is -2.07. The summed E-state index contributed by atoms with van der Waals surface area (Å²) in [6, 6.07) is 16.5. The van der Waals surface area contributed by atoms with Gasteiger partial charge >= 0.3 is 0 Å². The molecule has 2 aromatic rings. The van der Waals surface area contributed by atoms with Gasteiger partial charge in [-0.05, 0) is 42.2 Å². The predicted octanol–water partition coefficient (Wildman–Crippen LogP) is 3.84. The van der Waals surface area contributed by atoms with Crippen LogP contribution in [0.15, 0.2) is 42.5 Å². The monoisotopic (exact) mass is 207 g/mol. The molecule has 1 heteroatoms. The zero-order valence-electron chi connectivity index (χ0n) is 9.49. The fourth-order valence-corrected chi connectivity index (χ4v) is 1.81. The summed E-state index contributed by atoms with van der Waals surface area (Å²) in [6.45, 7) is 4.04. The van der Waals surface area contributed by atoms with Gasteiger partial charge < -0.3 is 0 Å². The second-order valence-electron chi connectivity index (χ2n) is 3.96. The molecule has 0 saturated heterocycles. The predicted molar refractivity (Wildman–Crippen MR) is 66.1 cm³/mol. The molecule has 0 bridgehead atoms. The largest absolute Gasteiger partial charge is 0.192 e. The third kappa shape index (κ3) is 1.83. The number of nitriles is 1. The van der Waals surface area contributed by atoms with Gasteiger partial charge in [0.15, 0.2) is 0 Å². The lowest BCUT2D eigenvalue weighted by atomic mass is 9.97. The Labute approximate surface area is 96.0 Å². The van der Waals surface area contributed by atoms with Crippen molar-refractivity contribution >= 4 is 0 Å². The summed E-state index contributed by atoms with van der Waals surface area (Å²) in [7, 11) is 0. The summed E-state index contributed by atoms with van der Waals surface area (Å²) in [6.07, 6.45) is 0. The summed E-state index contributed by atoms with van der Waals surface area (Å²) in [5, 5.41) is 9.01. The van der Waals surface area contributed by atoms with Crippen LogP contribution in [0.1, 0.15) is 16.7 Å². The molecule has 0 aliphatic carbocycles. The number of nitrogens with zero attached hydrogens (tertiary/aromatic N) is 1. The number of hydrogen-bond acceptors (Lipinski definition) is 1. The van der Waals surface area contributed by atoms with E-state index in [1.807, 2.05) is 31.2 Å². The van der Waals surface area contributed by atoms with E-state index in [4.69, 9.17) is 5.26 Å². The summed E-state index contributed by atoms with van der Waals surface area (Å²) in [5.74, 6) is 0. The van der Waals surface area contributed by atoms with Crippen molar-refractivity contribution in [2.45, 2.75) is 13.8 Å². The minimum Gasteiger partial charge on any atom is -0.192 e. The molecule has 2 rings (SSSR count). The van der Waals surface area contributed by atoms with E-state index in [1.54, 1.807) is 0 Å². The smallest absolute Gasteiger partial charge is 0.0994 e. The van der Waals surface area contributed by atoms with Crippen LogP contribution in [0.2, 0.25) is 0 Å². The van der Waals surface area contributed by atoms with Crippen molar-refractivity contribution in [3.8, 4) is 17.2 Å². The second-order valence-corrected chi connectivity index (χ2v) is 3.96. The maximum absolute atomic E-state index is 9.01. The van der Waals surface area contributed by atoms with Crippen LogP contribution in [0.25, 0.3) is 11.1 Å². The molecule has 0 N–H and O–H groups in total. The van der Waals surface area contributed by atoms with Gasteiger partial charge in [-0.2, -0.15) is 5.26 Å². The maximum atomic E-state index is 9.01. The molecule has 0 atom stereocenters. The van der Waals surface area contributed by atoms with Crippen LogP contribution in [0.4, 0.5) is 0 Å². The van der Waals surface area contributed by atoms with E-state index in [9.17, 15) is 0 Å². The fraction of sp³-hybridized carbons (Fsp3) is 0.133. The Balaban J connectivity index is 2.59. The van der Waals surface area contributed by atoms with Crippen molar-refractivity contribution < 1.29 is 0 Å². The van der Waals surface area contributed by atoms with Gasteiger partial charge in [-0.1, -0.05) is 36.4 Å². The first-order valence-electron chi connectivity index (χ1n) is 5.29. The number of benzene rings is 2. The van der Waals surface area contributed by atoms with Crippen molar-refractivity contribution in [3.63, 3.8) is 0 Å². The zero-order valence-corrected chi connectivity index (χ0v) is 9.49. The Kier molecular flexibility index (Phi) is 2.74. The highest BCUT2D eigenvalue weighted by molar-refractivity contribution is 5.69. The van der Waals surface area contributed by atoms with E-state index in [1.165, 1.54) is 11.1 Å². The van der Waals surface area contributed by atoms with Gasteiger partial charge in [-0.25, -0.2) is 0 Å². The van der Waals surface area contributed by atoms with Gasteiger partial charge in [0.1, 0.15) is 0 Å². The molecule has 0 fully saturated rings. The third-order valence-electron chi connectivity index (χ3n) is 2.81. The SMILES string of the molecule is Cc1ccc(-c2ccccc2C)cc1C#N. The van der Waals surface area contributed by atoms with Gasteiger partial charge in [0.05, 0.1) is 11.6 Å². The Hall–Kier alpha value is -2.07. The molecule has 0 aromatic heterocycles. The van der Waals surface area contributed by atoms with Gasteiger partial charge in [0.2, 0.25) is 0 Å². The highest BCUT2D eigenvalue weighted by Crippen LogP contribution is 2.24. The summed E-state index contributed by atoms with van der Waals surface area (Å²) < 4.78 is 0. The molecule has 0 amide bonds. The fourth-order valence-electron chi connectivity index (χ4n) is 1.81. The molecule has 0 spiro atoms. The Morgan fingerprint density at radius 2 is 1.69 bits per heavy atom. The topological polar surface area (TPSA) is 23.8 Å². The van der Waals surface area contributed by atoms with Crippen molar-refractivity contribution in [1.82, 2.24) is 0 Å². The van der Waals surface area contributed by atoms with Crippen molar-refractivity contribution in [3.05, 3.63) is 59.2 Å². The molecule has 0 aliphatic rings.